The van der Waals surface area contributed by atoms with E-state index in [1.54, 1.807) is 0 Å². The summed E-state index contributed by atoms with van der Waals surface area (Å²) in [7, 11) is -0.886. The third-order valence-corrected chi connectivity index (χ3v) is 6.29. The van der Waals surface area contributed by atoms with Gasteiger partial charge in [0, 0.05) is 5.56 Å². The van der Waals surface area contributed by atoms with Crippen molar-refractivity contribution in [1.29, 1.82) is 0 Å². The minimum atomic E-state index is -0.886. The first-order chi connectivity index (χ1) is 13.4. The Labute approximate surface area is 170 Å². The Morgan fingerprint density at radius 2 is 1.36 bits per heavy atom. The van der Waals surface area contributed by atoms with Crippen LogP contribution in [0.4, 0.5) is 0 Å². The van der Waals surface area contributed by atoms with Crippen molar-refractivity contribution in [3.63, 3.8) is 0 Å². The van der Waals surface area contributed by atoms with Gasteiger partial charge in [-0.15, -0.1) is 0 Å². The minimum Gasteiger partial charge on any atom is -0.406 e. The SMILES string of the molecule is Cc1cc(C=O)ccc1C(O[SiH2]C(C)(C)C)(c1ccccc1)c1ccccc1. The van der Waals surface area contributed by atoms with Crippen LogP contribution in [0.25, 0.3) is 0 Å². The van der Waals surface area contributed by atoms with E-state index in [-0.39, 0.29) is 5.04 Å². The number of carbonyl (C=O) groups is 1. The first kappa shape index (κ1) is 20.2. The first-order valence-electron chi connectivity index (χ1n) is 9.68. The molecule has 0 fully saturated rings. The summed E-state index contributed by atoms with van der Waals surface area (Å²) >= 11 is 0. The average molecular weight is 389 g/mol. The molecule has 0 aliphatic heterocycles. The monoisotopic (exact) mass is 388 g/mol. The Bertz CT molecular complexity index is 888. The highest BCUT2D eigenvalue weighted by molar-refractivity contribution is 6.32. The standard InChI is InChI=1S/C25H28O2Si/c1-19-17-20(18-26)15-16-23(19)25(27-28-24(2,3)4,21-11-7-5-8-12-21)22-13-9-6-10-14-22/h5-18H,28H2,1-4H3. The molecule has 0 atom stereocenters. The maximum absolute atomic E-state index is 11.3. The van der Waals surface area contributed by atoms with Crippen molar-refractivity contribution < 1.29 is 9.22 Å². The zero-order chi connectivity index (χ0) is 20.2. The molecule has 3 rings (SSSR count). The molecule has 0 aliphatic rings. The van der Waals surface area contributed by atoms with Crippen molar-refractivity contribution in [3.05, 3.63) is 107 Å². The third-order valence-electron chi connectivity index (χ3n) is 4.85. The van der Waals surface area contributed by atoms with E-state index in [2.05, 4.69) is 82.3 Å². The number of carbonyl (C=O) groups excluding carboxylic acids is 1. The first-order valence-corrected chi connectivity index (χ1v) is 11.0. The van der Waals surface area contributed by atoms with E-state index in [4.69, 9.17) is 4.43 Å². The molecule has 0 radical (unpaired) electrons. The fourth-order valence-electron chi connectivity index (χ4n) is 3.55. The van der Waals surface area contributed by atoms with Gasteiger partial charge in [-0.25, -0.2) is 0 Å². The van der Waals surface area contributed by atoms with Crippen LogP contribution >= 0.6 is 0 Å². The third kappa shape index (κ3) is 4.16. The van der Waals surface area contributed by atoms with Gasteiger partial charge < -0.3 is 4.43 Å². The molecule has 3 heteroatoms. The molecule has 0 saturated carbocycles. The highest BCUT2D eigenvalue weighted by Gasteiger charge is 2.39. The second-order valence-corrected chi connectivity index (χ2v) is 11.2. The number of hydrogen-bond acceptors (Lipinski definition) is 2. The highest BCUT2D eigenvalue weighted by atomic mass is 28.2. The van der Waals surface area contributed by atoms with Crippen LogP contribution in [-0.2, 0) is 10.0 Å². The van der Waals surface area contributed by atoms with Crippen LogP contribution in [0.3, 0.4) is 0 Å². The number of rotatable bonds is 6. The molecule has 0 aliphatic carbocycles. The fourth-order valence-corrected chi connectivity index (χ4v) is 4.69. The summed E-state index contributed by atoms with van der Waals surface area (Å²) in [5.41, 5.74) is 4.37. The van der Waals surface area contributed by atoms with E-state index in [1.807, 2.05) is 24.3 Å². The molecule has 0 aromatic heterocycles. The van der Waals surface area contributed by atoms with Crippen molar-refractivity contribution in [2.75, 3.05) is 0 Å². The second kappa shape index (κ2) is 8.25. The summed E-state index contributed by atoms with van der Waals surface area (Å²) in [5.74, 6) is 0. The minimum absolute atomic E-state index is 0.144. The molecular formula is C25H28O2Si. The Morgan fingerprint density at radius 1 is 0.821 bits per heavy atom. The van der Waals surface area contributed by atoms with Crippen LogP contribution in [0.15, 0.2) is 78.9 Å². The van der Waals surface area contributed by atoms with Gasteiger partial charge in [0.1, 0.15) is 11.9 Å². The van der Waals surface area contributed by atoms with E-state index in [1.165, 1.54) is 0 Å². The lowest BCUT2D eigenvalue weighted by Crippen LogP contribution is -2.37. The van der Waals surface area contributed by atoms with Gasteiger partial charge in [0.15, 0.2) is 9.76 Å². The lowest BCUT2D eigenvalue weighted by molar-refractivity contribution is 0.112. The quantitative estimate of drug-likeness (QED) is 0.320. The van der Waals surface area contributed by atoms with Gasteiger partial charge in [-0.05, 0) is 40.3 Å². The molecule has 3 aromatic carbocycles. The molecule has 0 N–H and O–H groups in total. The van der Waals surface area contributed by atoms with Gasteiger partial charge in [-0.3, -0.25) is 4.79 Å². The lowest BCUT2D eigenvalue weighted by Gasteiger charge is -2.39. The molecule has 28 heavy (non-hydrogen) atoms. The largest absolute Gasteiger partial charge is 0.406 e. The predicted octanol–water partition coefficient (Wildman–Crippen LogP) is 5.42. The summed E-state index contributed by atoms with van der Waals surface area (Å²) in [6, 6.07) is 26.7. The smallest absolute Gasteiger partial charge is 0.169 e. The molecular weight excluding hydrogens is 360 g/mol. The highest BCUT2D eigenvalue weighted by Crippen LogP contribution is 2.43. The average Bonchev–Trinajstić information content (AvgIpc) is 2.70. The molecule has 3 aromatic rings. The van der Waals surface area contributed by atoms with Crippen LogP contribution < -0.4 is 0 Å². The summed E-state index contributed by atoms with van der Waals surface area (Å²) in [6.07, 6.45) is 0.897. The summed E-state index contributed by atoms with van der Waals surface area (Å²) < 4.78 is 6.96. The summed E-state index contributed by atoms with van der Waals surface area (Å²) in [6.45, 7) is 8.78. The van der Waals surface area contributed by atoms with E-state index in [0.29, 0.717) is 5.56 Å². The van der Waals surface area contributed by atoms with Crippen LogP contribution in [0.5, 0.6) is 0 Å². The fraction of sp³-hybridized carbons (Fsp3) is 0.240. The molecule has 0 bridgehead atoms. The number of aryl methyl sites for hydroxylation is 1. The maximum atomic E-state index is 11.3. The summed E-state index contributed by atoms with van der Waals surface area (Å²) in [5, 5.41) is 0.144. The Hall–Kier alpha value is -2.49. The van der Waals surface area contributed by atoms with Crippen molar-refractivity contribution in [3.8, 4) is 0 Å². The summed E-state index contributed by atoms with van der Waals surface area (Å²) in [4.78, 5) is 11.3. The number of aldehydes is 1. The van der Waals surface area contributed by atoms with E-state index < -0.39 is 15.4 Å². The molecule has 0 heterocycles. The zero-order valence-corrected chi connectivity index (χ0v) is 18.5. The Balaban J connectivity index is 2.31. The molecule has 0 spiro atoms. The van der Waals surface area contributed by atoms with Gasteiger partial charge in [0.25, 0.3) is 0 Å². The van der Waals surface area contributed by atoms with Crippen molar-refractivity contribution in [2.24, 2.45) is 0 Å². The van der Waals surface area contributed by atoms with Crippen LogP contribution in [0.2, 0.25) is 5.04 Å². The predicted molar refractivity (Wildman–Crippen MR) is 119 cm³/mol. The Kier molecular flexibility index (Phi) is 5.97. The van der Waals surface area contributed by atoms with E-state index in [9.17, 15) is 4.79 Å². The maximum Gasteiger partial charge on any atom is 0.169 e. The lowest BCUT2D eigenvalue weighted by atomic mass is 9.78. The van der Waals surface area contributed by atoms with Gasteiger partial charge in [0.05, 0.1) is 0 Å². The van der Waals surface area contributed by atoms with Crippen molar-refractivity contribution in [1.82, 2.24) is 0 Å². The van der Waals surface area contributed by atoms with Crippen LogP contribution in [-0.4, -0.2) is 16.0 Å². The van der Waals surface area contributed by atoms with Gasteiger partial charge in [-0.1, -0.05) is 93.6 Å². The number of hydrogen-bond donors (Lipinski definition) is 0. The van der Waals surface area contributed by atoms with Crippen molar-refractivity contribution >= 4 is 16.0 Å². The van der Waals surface area contributed by atoms with E-state index in [0.717, 1.165) is 28.5 Å². The van der Waals surface area contributed by atoms with Gasteiger partial charge in [0.2, 0.25) is 0 Å². The number of benzene rings is 3. The van der Waals surface area contributed by atoms with E-state index >= 15 is 0 Å². The zero-order valence-electron chi connectivity index (χ0n) is 17.1. The normalized spacial score (nSPS) is 12.4. The van der Waals surface area contributed by atoms with Crippen molar-refractivity contribution in [2.45, 2.75) is 38.3 Å². The molecule has 0 saturated heterocycles. The molecule has 144 valence electrons. The van der Waals surface area contributed by atoms with Gasteiger partial charge >= 0.3 is 0 Å². The molecule has 0 unspecified atom stereocenters. The molecule has 2 nitrogen and oxygen atoms in total. The molecule has 0 amide bonds. The van der Waals surface area contributed by atoms with Gasteiger partial charge in [-0.2, -0.15) is 0 Å². The second-order valence-electron chi connectivity index (χ2n) is 8.45. The Morgan fingerprint density at radius 3 is 1.79 bits per heavy atom. The van der Waals surface area contributed by atoms with Crippen LogP contribution in [0.1, 0.15) is 53.4 Å². The van der Waals surface area contributed by atoms with Crippen LogP contribution in [0, 0.1) is 6.92 Å². The topological polar surface area (TPSA) is 26.3 Å².